The topological polar surface area (TPSA) is 111 Å². The van der Waals surface area contributed by atoms with E-state index in [2.05, 4.69) is 10.6 Å². The fraction of sp³-hybridized carbons (Fsp3) is 0.882. The Balaban J connectivity index is 2.77. The zero-order valence-corrected chi connectivity index (χ0v) is 17.3. The zero-order chi connectivity index (χ0) is 20.1. The molecule has 2 amide bonds. The Kier molecular flexibility index (Phi) is 7.88. The van der Waals surface area contributed by atoms with Gasteiger partial charge in [0.15, 0.2) is 0 Å². The Bertz CT molecular complexity index is 597. The number of carbonyl (C=O) groups is 2. The van der Waals surface area contributed by atoms with E-state index >= 15 is 0 Å². The highest BCUT2D eigenvalue weighted by atomic mass is 32.2. The van der Waals surface area contributed by atoms with E-state index < -0.39 is 40.0 Å². The van der Waals surface area contributed by atoms with E-state index in [0.717, 1.165) is 19.1 Å². The summed E-state index contributed by atoms with van der Waals surface area (Å²) in [4.78, 5) is 24.7. The first-order valence-electron chi connectivity index (χ1n) is 8.96. The molecule has 0 radical (unpaired) electrons. The molecule has 26 heavy (non-hydrogen) atoms. The Labute approximate surface area is 156 Å². The highest BCUT2D eigenvalue weighted by Gasteiger charge is 2.33. The molecule has 0 heterocycles. The number of amides is 2. The molecule has 0 aromatic carbocycles. The standard InChI is InChI=1S/C17H32N2O6S/c1-11(2)14(19-16(21)24-17(3,4)5)15(20)18-12-9-7-8-10-13(12)25-26(6,22)23/h11-14H,7-10H2,1-6H3,(H,18,20)(H,19,21)/t12?,13?,14-/m1/s1. The maximum Gasteiger partial charge on any atom is 0.408 e. The lowest BCUT2D eigenvalue weighted by Crippen LogP contribution is -2.56. The summed E-state index contributed by atoms with van der Waals surface area (Å²) in [6.07, 6.45) is 2.65. The average molecular weight is 393 g/mol. The van der Waals surface area contributed by atoms with Gasteiger partial charge in [0.2, 0.25) is 5.91 Å². The molecule has 8 nitrogen and oxygen atoms in total. The SMILES string of the molecule is CC(C)[C@@H](NC(=O)OC(C)(C)C)C(=O)NC1CCCCC1OS(C)(=O)=O. The fourth-order valence-electron chi connectivity index (χ4n) is 2.84. The Morgan fingerprint density at radius 2 is 1.69 bits per heavy atom. The van der Waals surface area contributed by atoms with E-state index in [9.17, 15) is 18.0 Å². The molecule has 1 rings (SSSR count). The van der Waals surface area contributed by atoms with Gasteiger partial charge in [0.1, 0.15) is 11.6 Å². The third-order valence-electron chi connectivity index (χ3n) is 3.95. The maximum absolute atomic E-state index is 12.7. The smallest absolute Gasteiger partial charge is 0.408 e. The first-order chi connectivity index (χ1) is 11.8. The van der Waals surface area contributed by atoms with E-state index in [1.807, 2.05) is 13.8 Å². The number of ether oxygens (including phenoxy) is 1. The summed E-state index contributed by atoms with van der Waals surface area (Å²) >= 11 is 0. The molecule has 1 fully saturated rings. The molecular weight excluding hydrogens is 360 g/mol. The highest BCUT2D eigenvalue weighted by Crippen LogP contribution is 2.23. The molecule has 152 valence electrons. The lowest BCUT2D eigenvalue weighted by Gasteiger charge is -2.33. The molecule has 0 saturated heterocycles. The predicted octanol–water partition coefficient (Wildman–Crippen LogP) is 1.94. The second-order valence-corrected chi connectivity index (χ2v) is 9.71. The van der Waals surface area contributed by atoms with Crippen molar-refractivity contribution in [1.29, 1.82) is 0 Å². The van der Waals surface area contributed by atoms with Gasteiger partial charge in [0.05, 0.1) is 18.4 Å². The number of hydrogen-bond acceptors (Lipinski definition) is 6. The van der Waals surface area contributed by atoms with Crippen molar-refractivity contribution in [3.05, 3.63) is 0 Å². The molecule has 1 aliphatic rings. The molecule has 9 heteroatoms. The van der Waals surface area contributed by atoms with E-state index in [-0.39, 0.29) is 11.8 Å². The number of hydrogen-bond donors (Lipinski definition) is 2. The van der Waals surface area contributed by atoms with Crippen LogP contribution in [0.3, 0.4) is 0 Å². The van der Waals surface area contributed by atoms with Gasteiger partial charge < -0.3 is 15.4 Å². The molecule has 0 aliphatic heterocycles. The van der Waals surface area contributed by atoms with Crippen LogP contribution in [0.25, 0.3) is 0 Å². The summed E-state index contributed by atoms with van der Waals surface area (Å²) in [5, 5.41) is 5.44. The van der Waals surface area contributed by atoms with E-state index in [1.54, 1.807) is 20.8 Å². The van der Waals surface area contributed by atoms with Crippen molar-refractivity contribution in [2.45, 2.75) is 84.1 Å². The van der Waals surface area contributed by atoms with Gasteiger partial charge in [-0.25, -0.2) is 4.79 Å². The molecule has 0 bridgehead atoms. The van der Waals surface area contributed by atoms with Crippen LogP contribution < -0.4 is 10.6 Å². The third-order valence-corrected chi connectivity index (χ3v) is 4.55. The molecule has 0 aromatic heterocycles. The second kappa shape index (κ2) is 9.03. The molecular formula is C17H32N2O6S. The van der Waals surface area contributed by atoms with Gasteiger partial charge in [-0.15, -0.1) is 0 Å². The molecule has 1 aliphatic carbocycles. The summed E-state index contributed by atoms with van der Waals surface area (Å²) in [6, 6.07) is -1.20. The van der Waals surface area contributed by atoms with Gasteiger partial charge in [-0.1, -0.05) is 26.7 Å². The molecule has 3 atom stereocenters. The Morgan fingerprint density at radius 1 is 1.12 bits per heavy atom. The summed E-state index contributed by atoms with van der Waals surface area (Å²) in [5.41, 5.74) is -0.667. The second-order valence-electron chi connectivity index (χ2n) is 8.11. The Hall–Kier alpha value is -1.35. The lowest BCUT2D eigenvalue weighted by molar-refractivity contribution is -0.126. The normalized spacial score (nSPS) is 22.6. The largest absolute Gasteiger partial charge is 0.444 e. The van der Waals surface area contributed by atoms with Crippen molar-refractivity contribution >= 4 is 22.1 Å². The van der Waals surface area contributed by atoms with Gasteiger partial charge >= 0.3 is 6.09 Å². The first kappa shape index (κ1) is 22.7. The van der Waals surface area contributed by atoms with Crippen molar-refractivity contribution in [3.63, 3.8) is 0 Å². The molecule has 2 unspecified atom stereocenters. The minimum Gasteiger partial charge on any atom is -0.444 e. The summed E-state index contributed by atoms with van der Waals surface area (Å²) in [7, 11) is -3.61. The van der Waals surface area contributed by atoms with Gasteiger partial charge in [-0.2, -0.15) is 8.42 Å². The van der Waals surface area contributed by atoms with Gasteiger partial charge in [0.25, 0.3) is 10.1 Å². The van der Waals surface area contributed by atoms with Gasteiger partial charge in [0, 0.05) is 0 Å². The van der Waals surface area contributed by atoms with Gasteiger partial charge in [-0.3, -0.25) is 8.98 Å². The number of carbonyl (C=O) groups excluding carboxylic acids is 2. The van der Waals surface area contributed by atoms with Crippen LogP contribution in [0.1, 0.15) is 60.3 Å². The summed E-state index contributed by atoms with van der Waals surface area (Å²) in [5.74, 6) is -0.541. The number of alkyl carbamates (subject to hydrolysis) is 1. The summed E-state index contributed by atoms with van der Waals surface area (Å²) < 4.78 is 33.2. The third kappa shape index (κ3) is 8.35. The van der Waals surface area contributed by atoms with Crippen molar-refractivity contribution in [2.24, 2.45) is 5.92 Å². The van der Waals surface area contributed by atoms with Crippen molar-refractivity contribution in [1.82, 2.24) is 10.6 Å². The van der Waals surface area contributed by atoms with Crippen LogP contribution in [-0.2, 0) is 23.8 Å². The minimum atomic E-state index is -3.61. The van der Waals surface area contributed by atoms with E-state index in [0.29, 0.717) is 12.8 Å². The van der Waals surface area contributed by atoms with Gasteiger partial charge in [-0.05, 0) is 39.5 Å². The minimum absolute atomic E-state index is 0.166. The van der Waals surface area contributed by atoms with Crippen LogP contribution in [-0.4, -0.2) is 50.5 Å². The molecule has 1 saturated carbocycles. The van der Waals surface area contributed by atoms with Crippen LogP contribution in [0.2, 0.25) is 0 Å². The molecule has 2 N–H and O–H groups in total. The van der Waals surface area contributed by atoms with Crippen molar-refractivity contribution in [3.8, 4) is 0 Å². The fourth-order valence-corrected chi connectivity index (χ4v) is 3.52. The first-order valence-corrected chi connectivity index (χ1v) is 10.8. The lowest BCUT2D eigenvalue weighted by atomic mass is 9.92. The van der Waals surface area contributed by atoms with Crippen LogP contribution in [0, 0.1) is 5.92 Å². The van der Waals surface area contributed by atoms with Crippen molar-refractivity contribution in [2.75, 3.05) is 6.26 Å². The average Bonchev–Trinajstić information content (AvgIpc) is 2.43. The van der Waals surface area contributed by atoms with Crippen LogP contribution in [0.5, 0.6) is 0 Å². The Morgan fingerprint density at radius 3 is 2.19 bits per heavy atom. The van der Waals surface area contributed by atoms with Crippen LogP contribution in [0.15, 0.2) is 0 Å². The number of nitrogens with one attached hydrogen (secondary N) is 2. The zero-order valence-electron chi connectivity index (χ0n) is 16.5. The predicted molar refractivity (Wildman–Crippen MR) is 98.1 cm³/mol. The van der Waals surface area contributed by atoms with Crippen LogP contribution in [0.4, 0.5) is 4.79 Å². The maximum atomic E-state index is 12.7. The quantitative estimate of drug-likeness (QED) is 0.668. The van der Waals surface area contributed by atoms with Crippen molar-refractivity contribution < 1.29 is 26.9 Å². The molecule has 0 aromatic rings. The van der Waals surface area contributed by atoms with Crippen LogP contribution >= 0.6 is 0 Å². The van der Waals surface area contributed by atoms with E-state index in [1.165, 1.54) is 0 Å². The van der Waals surface area contributed by atoms with E-state index in [4.69, 9.17) is 8.92 Å². The number of rotatable bonds is 6. The highest BCUT2D eigenvalue weighted by molar-refractivity contribution is 7.86. The summed E-state index contributed by atoms with van der Waals surface area (Å²) in [6.45, 7) is 8.85. The monoisotopic (exact) mass is 392 g/mol. The molecule has 0 spiro atoms.